The molecule has 4 nitrogen and oxygen atoms in total. The number of carbonyl (C=O) groups is 1. The monoisotopic (exact) mass is 293 g/mol. The number of hydrogen-bond donors (Lipinski definition) is 0. The van der Waals surface area contributed by atoms with E-state index in [1.807, 2.05) is 4.90 Å². The van der Waals surface area contributed by atoms with Crippen molar-refractivity contribution in [3.05, 3.63) is 29.6 Å². The molecular formula is C16H20FNO3. The zero-order chi connectivity index (χ0) is 14.8. The number of carbonyl (C=O) groups excluding carboxylic acids is 1. The minimum absolute atomic E-state index is 0.0917. The topological polar surface area (TPSA) is 38.8 Å². The van der Waals surface area contributed by atoms with Gasteiger partial charge in [0.1, 0.15) is 0 Å². The molecule has 0 bridgehead atoms. The largest absolute Gasteiger partial charge is 0.494 e. The number of nitrogens with zero attached hydrogens (tertiary/aromatic N) is 1. The van der Waals surface area contributed by atoms with Crippen LogP contribution in [0, 0.1) is 11.7 Å². The fourth-order valence-electron chi connectivity index (χ4n) is 2.75. The molecule has 5 heteroatoms. The van der Waals surface area contributed by atoms with Gasteiger partial charge in [-0.05, 0) is 37.5 Å². The van der Waals surface area contributed by atoms with Crippen LogP contribution in [-0.4, -0.2) is 43.7 Å². The van der Waals surface area contributed by atoms with Gasteiger partial charge in [0, 0.05) is 30.7 Å². The Bertz CT molecular complexity index is 524. The molecular weight excluding hydrogens is 273 g/mol. The van der Waals surface area contributed by atoms with Gasteiger partial charge in [-0.15, -0.1) is 0 Å². The molecule has 1 saturated carbocycles. The van der Waals surface area contributed by atoms with Crippen molar-refractivity contribution in [1.29, 1.82) is 0 Å². The van der Waals surface area contributed by atoms with E-state index >= 15 is 0 Å². The van der Waals surface area contributed by atoms with Crippen LogP contribution >= 0.6 is 0 Å². The summed E-state index contributed by atoms with van der Waals surface area (Å²) < 4.78 is 24.0. The smallest absolute Gasteiger partial charge is 0.254 e. The van der Waals surface area contributed by atoms with E-state index in [-0.39, 0.29) is 11.7 Å². The minimum Gasteiger partial charge on any atom is -0.494 e. The van der Waals surface area contributed by atoms with Gasteiger partial charge in [0.05, 0.1) is 13.7 Å². The van der Waals surface area contributed by atoms with Crippen LogP contribution in [0.5, 0.6) is 5.75 Å². The Morgan fingerprint density at radius 3 is 2.81 bits per heavy atom. The van der Waals surface area contributed by atoms with E-state index in [2.05, 4.69) is 0 Å². The maximum atomic E-state index is 13.8. The number of halogens is 1. The van der Waals surface area contributed by atoms with Crippen molar-refractivity contribution < 1.29 is 18.7 Å². The summed E-state index contributed by atoms with van der Waals surface area (Å²) in [6.45, 7) is 2.19. The summed E-state index contributed by atoms with van der Waals surface area (Å²) in [4.78, 5) is 14.5. The molecule has 1 saturated heterocycles. The predicted molar refractivity (Wildman–Crippen MR) is 75.9 cm³/mol. The van der Waals surface area contributed by atoms with Crippen molar-refractivity contribution in [1.82, 2.24) is 4.90 Å². The van der Waals surface area contributed by atoms with Crippen LogP contribution < -0.4 is 4.74 Å². The van der Waals surface area contributed by atoms with Crippen molar-refractivity contribution in [2.75, 3.05) is 26.9 Å². The highest BCUT2D eigenvalue weighted by atomic mass is 19.1. The van der Waals surface area contributed by atoms with Crippen molar-refractivity contribution in [3.8, 4) is 5.75 Å². The molecule has 0 radical (unpaired) electrons. The fraction of sp³-hybridized carbons (Fsp3) is 0.562. The minimum atomic E-state index is -0.497. The zero-order valence-electron chi connectivity index (χ0n) is 12.2. The summed E-state index contributed by atoms with van der Waals surface area (Å²) in [5.41, 5.74) is 0.388. The van der Waals surface area contributed by atoms with Gasteiger partial charge in [-0.3, -0.25) is 4.79 Å². The average molecular weight is 293 g/mol. The summed E-state index contributed by atoms with van der Waals surface area (Å²) in [6, 6.07) is 4.71. The second kappa shape index (κ2) is 6.02. The lowest BCUT2D eigenvalue weighted by Gasteiger charge is -2.25. The summed E-state index contributed by atoms with van der Waals surface area (Å²) in [5, 5.41) is 0. The van der Waals surface area contributed by atoms with Crippen molar-refractivity contribution >= 4 is 5.91 Å². The van der Waals surface area contributed by atoms with Gasteiger partial charge in [0.15, 0.2) is 11.6 Å². The Morgan fingerprint density at radius 2 is 2.24 bits per heavy atom. The molecule has 1 atom stereocenters. The molecule has 3 rings (SSSR count). The van der Waals surface area contributed by atoms with E-state index in [0.29, 0.717) is 30.7 Å². The number of benzene rings is 1. The van der Waals surface area contributed by atoms with Crippen LogP contribution in [0.2, 0.25) is 0 Å². The molecule has 1 aromatic carbocycles. The van der Waals surface area contributed by atoms with E-state index in [4.69, 9.17) is 9.47 Å². The van der Waals surface area contributed by atoms with Gasteiger partial charge in [0.2, 0.25) is 0 Å². The van der Waals surface area contributed by atoms with Crippen LogP contribution in [0.1, 0.15) is 29.6 Å². The lowest BCUT2D eigenvalue weighted by molar-refractivity contribution is 0.0705. The Balaban J connectivity index is 1.75. The molecule has 2 fully saturated rings. The average Bonchev–Trinajstić information content (AvgIpc) is 3.20. The molecule has 1 amide bonds. The summed E-state index contributed by atoms with van der Waals surface area (Å²) in [5.74, 6) is -0.0272. The number of methoxy groups -OCH3 is 1. The molecule has 114 valence electrons. The van der Waals surface area contributed by atoms with Gasteiger partial charge < -0.3 is 14.4 Å². The van der Waals surface area contributed by atoms with Crippen molar-refractivity contribution in [2.45, 2.75) is 25.3 Å². The Labute approximate surface area is 123 Å². The molecule has 21 heavy (non-hydrogen) atoms. The van der Waals surface area contributed by atoms with E-state index in [9.17, 15) is 9.18 Å². The molecule has 1 heterocycles. The quantitative estimate of drug-likeness (QED) is 0.837. The van der Waals surface area contributed by atoms with E-state index in [1.165, 1.54) is 19.2 Å². The third-order valence-corrected chi connectivity index (χ3v) is 4.13. The standard InChI is InChI=1S/C16H20FNO3/c1-20-15-5-2-12(8-14(15)17)16(19)18(13-3-4-13)9-11-6-7-21-10-11/h2,5,8,11,13H,3-4,6-7,9-10H2,1H3. The van der Waals surface area contributed by atoms with Gasteiger partial charge >= 0.3 is 0 Å². The first kappa shape index (κ1) is 14.3. The van der Waals surface area contributed by atoms with Gasteiger partial charge in [-0.25, -0.2) is 4.39 Å². The lowest BCUT2D eigenvalue weighted by atomic mass is 10.1. The van der Waals surface area contributed by atoms with E-state index in [1.54, 1.807) is 6.07 Å². The van der Waals surface area contributed by atoms with Gasteiger partial charge in [-0.2, -0.15) is 0 Å². The number of ether oxygens (including phenoxy) is 2. The highest BCUT2D eigenvalue weighted by Crippen LogP contribution is 2.31. The summed E-state index contributed by atoms with van der Waals surface area (Å²) in [7, 11) is 1.41. The van der Waals surface area contributed by atoms with Gasteiger partial charge in [-0.1, -0.05) is 0 Å². The highest BCUT2D eigenvalue weighted by molar-refractivity contribution is 5.94. The SMILES string of the molecule is COc1ccc(C(=O)N(CC2CCOC2)C2CC2)cc1F. The first-order valence-corrected chi connectivity index (χ1v) is 7.41. The number of hydrogen-bond acceptors (Lipinski definition) is 3. The Kier molecular flexibility index (Phi) is 4.10. The second-order valence-electron chi connectivity index (χ2n) is 5.77. The third kappa shape index (κ3) is 3.18. The van der Waals surface area contributed by atoms with Crippen molar-refractivity contribution in [3.63, 3.8) is 0 Å². The van der Waals surface area contributed by atoms with Crippen LogP contribution in [0.3, 0.4) is 0 Å². The second-order valence-corrected chi connectivity index (χ2v) is 5.77. The molecule has 0 spiro atoms. The maximum Gasteiger partial charge on any atom is 0.254 e. The first-order chi connectivity index (χ1) is 10.2. The number of amides is 1. The van der Waals surface area contributed by atoms with E-state index < -0.39 is 5.82 Å². The van der Waals surface area contributed by atoms with Crippen molar-refractivity contribution in [2.24, 2.45) is 5.92 Å². The van der Waals surface area contributed by atoms with Gasteiger partial charge in [0.25, 0.3) is 5.91 Å². The molecule has 0 aromatic heterocycles. The Morgan fingerprint density at radius 1 is 1.43 bits per heavy atom. The molecule has 1 aliphatic carbocycles. The molecule has 2 aliphatic rings. The predicted octanol–water partition coefficient (Wildman–Crippen LogP) is 2.48. The summed E-state index contributed by atoms with van der Waals surface area (Å²) >= 11 is 0. The maximum absolute atomic E-state index is 13.8. The normalized spacial score (nSPS) is 21.3. The molecule has 0 N–H and O–H groups in total. The van der Waals surface area contributed by atoms with Crippen LogP contribution in [-0.2, 0) is 4.74 Å². The number of rotatable bonds is 5. The van der Waals surface area contributed by atoms with Crippen LogP contribution in [0.4, 0.5) is 4.39 Å². The highest BCUT2D eigenvalue weighted by Gasteiger charge is 2.35. The zero-order valence-corrected chi connectivity index (χ0v) is 12.2. The summed E-state index contributed by atoms with van der Waals surface area (Å²) in [6.07, 6.45) is 3.07. The first-order valence-electron chi connectivity index (χ1n) is 7.41. The lowest BCUT2D eigenvalue weighted by Crippen LogP contribution is -2.37. The fourth-order valence-corrected chi connectivity index (χ4v) is 2.75. The third-order valence-electron chi connectivity index (χ3n) is 4.13. The van der Waals surface area contributed by atoms with Crippen LogP contribution in [0.15, 0.2) is 18.2 Å². The Hall–Kier alpha value is -1.62. The van der Waals surface area contributed by atoms with E-state index in [0.717, 1.165) is 25.9 Å². The van der Waals surface area contributed by atoms with Crippen LogP contribution in [0.25, 0.3) is 0 Å². The molecule has 1 aliphatic heterocycles. The molecule has 1 aromatic rings. The molecule has 1 unspecified atom stereocenters.